The highest BCUT2D eigenvalue weighted by atomic mass is 32.2. The van der Waals surface area contributed by atoms with Crippen molar-refractivity contribution >= 4 is 10.1 Å². The monoisotopic (exact) mass is 298 g/mol. The molecule has 0 saturated heterocycles. The van der Waals surface area contributed by atoms with Gasteiger partial charge in [0.2, 0.25) is 0 Å². The predicted molar refractivity (Wildman–Crippen MR) is 82.6 cm³/mol. The van der Waals surface area contributed by atoms with Gasteiger partial charge in [-0.25, -0.2) is 0 Å². The van der Waals surface area contributed by atoms with E-state index in [9.17, 15) is 8.42 Å². The van der Waals surface area contributed by atoms with Gasteiger partial charge in [0.1, 0.15) is 0 Å². The fourth-order valence-corrected chi connectivity index (χ4v) is 3.16. The molecule has 0 aliphatic carbocycles. The molecule has 0 fully saturated rings. The summed E-state index contributed by atoms with van der Waals surface area (Å²) in [5.41, 5.74) is 0.723. The van der Waals surface area contributed by atoms with Gasteiger partial charge in [0.15, 0.2) is 0 Å². The standard InChI is InChI=1S/C16H26O3S/c1-2-3-4-5-6-7-8-9-12-15-13-10-11-14-16(15)20(17,18)19/h10-11,13-14H,2-9,12H2,1H3,(H,17,18,19). The number of aryl methyl sites for hydroxylation is 1. The molecule has 0 bridgehead atoms. The molecule has 0 aliphatic heterocycles. The van der Waals surface area contributed by atoms with Crippen LogP contribution in [0.2, 0.25) is 0 Å². The third kappa shape index (κ3) is 6.53. The fraction of sp³-hybridized carbons (Fsp3) is 0.625. The van der Waals surface area contributed by atoms with E-state index in [1.165, 1.54) is 44.6 Å². The molecule has 0 heterocycles. The van der Waals surface area contributed by atoms with E-state index >= 15 is 0 Å². The molecule has 1 aromatic rings. The number of hydrogen-bond acceptors (Lipinski definition) is 2. The zero-order valence-corrected chi connectivity index (χ0v) is 13.2. The van der Waals surface area contributed by atoms with E-state index in [1.54, 1.807) is 12.1 Å². The van der Waals surface area contributed by atoms with Crippen molar-refractivity contribution in [1.29, 1.82) is 0 Å². The quantitative estimate of drug-likeness (QED) is 0.506. The Kier molecular flexibility index (Phi) is 7.85. The van der Waals surface area contributed by atoms with Crippen molar-refractivity contribution in [3.8, 4) is 0 Å². The van der Waals surface area contributed by atoms with E-state index in [4.69, 9.17) is 4.55 Å². The summed E-state index contributed by atoms with van der Waals surface area (Å²) < 4.78 is 31.7. The van der Waals surface area contributed by atoms with Crippen LogP contribution in [0.3, 0.4) is 0 Å². The van der Waals surface area contributed by atoms with Crippen LogP contribution in [0.15, 0.2) is 29.2 Å². The Bertz CT molecular complexity index is 480. The lowest BCUT2D eigenvalue weighted by molar-refractivity contribution is 0.481. The molecule has 3 nitrogen and oxygen atoms in total. The van der Waals surface area contributed by atoms with Gasteiger partial charge in [0.25, 0.3) is 10.1 Å². The smallest absolute Gasteiger partial charge is 0.282 e. The molecule has 1 N–H and O–H groups in total. The lowest BCUT2D eigenvalue weighted by Crippen LogP contribution is -2.03. The van der Waals surface area contributed by atoms with E-state index in [1.807, 2.05) is 6.07 Å². The second-order valence-corrected chi connectivity index (χ2v) is 6.70. The van der Waals surface area contributed by atoms with Crippen molar-refractivity contribution in [3.63, 3.8) is 0 Å². The maximum absolute atomic E-state index is 11.2. The van der Waals surface area contributed by atoms with E-state index in [-0.39, 0.29) is 4.90 Å². The van der Waals surface area contributed by atoms with Gasteiger partial charge in [0.05, 0.1) is 4.90 Å². The molecule has 0 aliphatic rings. The Morgan fingerprint density at radius 3 is 2.05 bits per heavy atom. The molecule has 0 spiro atoms. The van der Waals surface area contributed by atoms with E-state index in [2.05, 4.69) is 6.92 Å². The average molecular weight is 298 g/mol. The van der Waals surface area contributed by atoms with Gasteiger partial charge in [-0.15, -0.1) is 0 Å². The van der Waals surface area contributed by atoms with Gasteiger partial charge in [-0.2, -0.15) is 8.42 Å². The Balaban J connectivity index is 2.29. The second kappa shape index (κ2) is 9.14. The maximum Gasteiger partial charge on any atom is 0.294 e. The second-order valence-electron chi connectivity index (χ2n) is 5.31. The minimum Gasteiger partial charge on any atom is -0.282 e. The van der Waals surface area contributed by atoms with Gasteiger partial charge in [-0.05, 0) is 24.5 Å². The molecule has 20 heavy (non-hydrogen) atoms. The fourth-order valence-electron chi connectivity index (χ4n) is 2.41. The van der Waals surface area contributed by atoms with Crippen molar-refractivity contribution in [1.82, 2.24) is 0 Å². The minimum atomic E-state index is -4.09. The first-order valence-corrected chi connectivity index (χ1v) is 9.05. The summed E-state index contributed by atoms with van der Waals surface area (Å²) >= 11 is 0. The third-order valence-electron chi connectivity index (χ3n) is 3.55. The highest BCUT2D eigenvalue weighted by Gasteiger charge is 2.13. The Morgan fingerprint density at radius 2 is 1.45 bits per heavy atom. The highest BCUT2D eigenvalue weighted by molar-refractivity contribution is 7.85. The van der Waals surface area contributed by atoms with E-state index in [0.717, 1.165) is 18.4 Å². The Morgan fingerprint density at radius 1 is 0.900 bits per heavy atom. The van der Waals surface area contributed by atoms with Crippen LogP contribution < -0.4 is 0 Å². The maximum atomic E-state index is 11.2. The van der Waals surface area contributed by atoms with Crippen molar-refractivity contribution in [2.45, 2.75) is 69.6 Å². The topological polar surface area (TPSA) is 54.4 Å². The number of rotatable bonds is 10. The largest absolute Gasteiger partial charge is 0.294 e. The summed E-state index contributed by atoms with van der Waals surface area (Å²) in [5.74, 6) is 0. The third-order valence-corrected chi connectivity index (χ3v) is 4.50. The summed E-state index contributed by atoms with van der Waals surface area (Å²) in [5, 5.41) is 0. The van der Waals surface area contributed by atoms with Crippen LogP contribution in [-0.4, -0.2) is 13.0 Å². The molecule has 0 aromatic heterocycles. The Labute approximate surface area is 123 Å². The van der Waals surface area contributed by atoms with Gasteiger partial charge < -0.3 is 0 Å². The molecule has 0 atom stereocenters. The van der Waals surface area contributed by atoms with Crippen LogP contribution in [0.4, 0.5) is 0 Å². The van der Waals surface area contributed by atoms with E-state index < -0.39 is 10.1 Å². The molecule has 0 radical (unpaired) electrons. The summed E-state index contributed by atoms with van der Waals surface area (Å²) in [6, 6.07) is 6.70. The molecule has 114 valence electrons. The molecule has 0 saturated carbocycles. The van der Waals surface area contributed by atoms with Crippen LogP contribution in [0, 0.1) is 0 Å². The van der Waals surface area contributed by atoms with Crippen molar-refractivity contribution in [2.24, 2.45) is 0 Å². The van der Waals surface area contributed by atoms with Crippen LogP contribution in [0.25, 0.3) is 0 Å². The van der Waals surface area contributed by atoms with Crippen molar-refractivity contribution < 1.29 is 13.0 Å². The summed E-state index contributed by atoms with van der Waals surface area (Å²) in [6.07, 6.45) is 10.5. The number of hydrogen-bond donors (Lipinski definition) is 1. The van der Waals surface area contributed by atoms with Crippen LogP contribution in [0.1, 0.15) is 63.9 Å². The van der Waals surface area contributed by atoms with Gasteiger partial charge in [-0.1, -0.05) is 70.1 Å². The first-order chi connectivity index (χ1) is 9.55. The molecule has 1 aromatic carbocycles. The number of benzene rings is 1. The van der Waals surface area contributed by atoms with Crippen LogP contribution >= 0.6 is 0 Å². The van der Waals surface area contributed by atoms with E-state index in [0.29, 0.717) is 6.42 Å². The minimum absolute atomic E-state index is 0.0583. The zero-order valence-electron chi connectivity index (χ0n) is 12.3. The van der Waals surface area contributed by atoms with Gasteiger partial charge in [-0.3, -0.25) is 4.55 Å². The number of unbranched alkanes of at least 4 members (excludes halogenated alkanes) is 7. The highest BCUT2D eigenvalue weighted by Crippen LogP contribution is 2.18. The van der Waals surface area contributed by atoms with Gasteiger partial charge >= 0.3 is 0 Å². The lowest BCUT2D eigenvalue weighted by Gasteiger charge is -2.06. The zero-order chi connectivity index (χ0) is 14.8. The molecular weight excluding hydrogens is 272 g/mol. The molecule has 1 rings (SSSR count). The average Bonchev–Trinajstić information content (AvgIpc) is 2.41. The first kappa shape index (κ1) is 17.2. The molecular formula is C16H26O3S. The lowest BCUT2D eigenvalue weighted by atomic mass is 10.0. The summed E-state index contributed by atoms with van der Waals surface area (Å²) in [6.45, 7) is 2.21. The normalized spacial score (nSPS) is 11.7. The van der Waals surface area contributed by atoms with Crippen LogP contribution in [0.5, 0.6) is 0 Å². The first-order valence-electron chi connectivity index (χ1n) is 7.61. The van der Waals surface area contributed by atoms with Crippen molar-refractivity contribution in [2.75, 3.05) is 0 Å². The van der Waals surface area contributed by atoms with Crippen LogP contribution in [-0.2, 0) is 16.5 Å². The van der Waals surface area contributed by atoms with Crippen molar-refractivity contribution in [3.05, 3.63) is 29.8 Å². The summed E-state index contributed by atoms with van der Waals surface area (Å²) in [4.78, 5) is 0.0583. The molecule has 4 heteroatoms. The predicted octanol–water partition coefficient (Wildman–Crippen LogP) is 4.62. The SMILES string of the molecule is CCCCCCCCCCc1ccccc1S(=O)(=O)O. The Hall–Kier alpha value is -0.870. The van der Waals surface area contributed by atoms with Gasteiger partial charge in [0, 0.05) is 0 Å². The molecule has 0 unspecified atom stereocenters. The molecule has 0 amide bonds. The summed E-state index contributed by atoms with van der Waals surface area (Å²) in [7, 11) is -4.09.